The Morgan fingerprint density at radius 3 is 2.30 bits per heavy atom. The molecule has 0 heterocycles. The van der Waals surface area contributed by atoms with Gasteiger partial charge in [-0.2, -0.15) is 5.10 Å². The third kappa shape index (κ3) is 5.96. The minimum atomic E-state index is 0.334. The van der Waals surface area contributed by atoms with E-state index in [1.54, 1.807) is 43.7 Å². The van der Waals surface area contributed by atoms with Crippen LogP contribution in [0.3, 0.4) is 0 Å². The molecule has 0 aliphatic heterocycles. The maximum absolute atomic E-state index is 6.41. The normalized spacial score (nSPS) is 11.0. The molecule has 0 spiro atoms. The van der Waals surface area contributed by atoms with Crippen molar-refractivity contribution in [3.63, 3.8) is 0 Å². The van der Waals surface area contributed by atoms with Crippen molar-refractivity contribution in [1.82, 2.24) is 5.43 Å². The van der Waals surface area contributed by atoms with Gasteiger partial charge in [-0.25, -0.2) is 0 Å². The van der Waals surface area contributed by atoms with Gasteiger partial charge in [0.15, 0.2) is 11.5 Å². The molecular weight excluding hydrogens is 466 g/mol. The summed E-state index contributed by atoms with van der Waals surface area (Å²) in [5.41, 5.74) is 5.41. The average Bonchev–Trinajstić information content (AvgIpc) is 2.73. The van der Waals surface area contributed by atoms with Crippen molar-refractivity contribution in [2.45, 2.75) is 13.2 Å². The van der Waals surface area contributed by atoms with Gasteiger partial charge in [0.05, 0.1) is 24.9 Å². The van der Waals surface area contributed by atoms with Gasteiger partial charge in [-0.3, -0.25) is 0 Å². The number of halogens is 4. The third-order valence-electron chi connectivity index (χ3n) is 4.17. The number of benzene rings is 3. The van der Waals surface area contributed by atoms with Crippen LogP contribution in [-0.2, 0) is 13.2 Å². The fourth-order valence-electron chi connectivity index (χ4n) is 2.64. The van der Waals surface area contributed by atoms with Crippen LogP contribution in [-0.4, -0.2) is 13.3 Å². The Labute approximate surface area is 195 Å². The lowest BCUT2D eigenvalue weighted by molar-refractivity contribution is 0.284. The first-order valence-electron chi connectivity index (χ1n) is 8.91. The van der Waals surface area contributed by atoms with Crippen LogP contribution in [0.4, 0.5) is 0 Å². The Morgan fingerprint density at radius 1 is 0.933 bits per heavy atom. The quantitative estimate of drug-likeness (QED) is 0.276. The predicted octanol–water partition coefficient (Wildman–Crippen LogP) is 7.01. The Balaban J connectivity index is 1.67. The Kier molecular flexibility index (Phi) is 8.11. The molecule has 30 heavy (non-hydrogen) atoms. The SMILES string of the molecule is COc1cc(/C=N/NCc2c(Cl)cccc2Cl)cc(Cl)c1OCc1ccc(Cl)cc1. The van der Waals surface area contributed by atoms with E-state index in [2.05, 4.69) is 10.5 Å². The summed E-state index contributed by atoms with van der Waals surface area (Å²) >= 11 is 24.6. The highest BCUT2D eigenvalue weighted by molar-refractivity contribution is 6.36. The zero-order chi connectivity index (χ0) is 21.5. The van der Waals surface area contributed by atoms with Gasteiger partial charge in [-0.1, -0.05) is 64.6 Å². The molecule has 3 aromatic rings. The summed E-state index contributed by atoms with van der Waals surface area (Å²) in [4.78, 5) is 0. The van der Waals surface area contributed by atoms with E-state index in [0.29, 0.717) is 44.7 Å². The minimum Gasteiger partial charge on any atom is -0.493 e. The summed E-state index contributed by atoms with van der Waals surface area (Å²) in [5.74, 6) is 0.967. The van der Waals surface area contributed by atoms with Gasteiger partial charge < -0.3 is 14.9 Å². The maximum Gasteiger partial charge on any atom is 0.180 e. The molecule has 0 aliphatic carbocycles. The Morgan fingerprint density at radius 2 is 1.63 bits per heavy atom. The first kappa shape index (κ1) is 22.6. The van der Waals surface area contributed by atoms with Gasteiger partial charge in [0, 0.05) is 20.6 Å². The van der Waals surface area contributed by atoms with E-state index in [-0.39, 0.29) is 0 Å². The first-order chi connectivity index (χ1) is 14.5. The number of nitrogens with one attached hydrogen (secondary N) is 1. The van der Waals surface area contributed by atoms with E-state index in [0.717, 1.165) is 16.7 Å². The minimum absolute atomic E-state index is 0.334. The summed E-state index contributed by atoms with van der Waals surface area (Å²) < 4.78 is 11.3. The van der Waals surface area contributed by atoms with Gasteiger partial charge in [-0.05, 0) is 47.5 Å². The summed E-state index contributed by atoms with van der Waals surface area (Å²) in [6.45, 7) is 0.725. The molecule has 3 aromatic carbocycles. The van der Waals surface area contributed by atoms with E-state index >= 15 is 0 Å². The van der Waals surface area contributed by atoms with E-state index in [9.17, 15) is 0 Å². The number of hydrogen-bond acceptors (Lipinski definition) is 4. The average molecular weight is 484 g/mol. The highest BCUT2D eigenvalue weighted by Crippen LogP contribution is 2.36. The molecule has 0 saturated carbocycles. The highest BCUT2D eigenvalue weighted by Gasteiger charge is 2.12. The second-order valence-electron chi connectivity index (χ2n) is 6.24. The molecule has 0 unspecified atom stereocenters. The lowest BCUT2D eigenvalue weighted by Gasteiger charge is -2.13. The molecule has 0 amide bonds. The van der Waals surface area contributed by atoms with Gasteiger partial charge in [0.1, 0.15) is 6.61 Å². The molecule has 3 rings (SSSR count). The van der Waals surface area contributed by atoms with Crippen molar-refractivity contribution >= 4 is 52.6 Å². The summed E-state index contributed by atoms with van der Waals surface area (Å²) in [5, 5.41) is 6.45. The van der Waals surface area contributed by atoms with Crippen LogP contribution in [0.25, 0.3) is 0 Å². The molecule has 0 atom stereocenters. The zero-order valence-electron chi connectivity index (χ0n) is 16.0. The van der Waals surface area contributed by atoms with Crippen LogP contribution < -0.4 is 14.9 Å². The van der Waals surface area contributed by atoms with Crippen molar-refractivity contribution in [2.24, 2.45) is 5.10 Å². The van der Waals surface area contributed by atoms with Crippen LogP contribution in [0.15, 0.2) is 59.7 Å². The second kappa shape index (κ2) is 10.8. The number of methoxy groups -OCH3 is 1. The number of nitrogens with zero attached hydrogens (tertiary/aromatic N) is 1. The molecule has 0 bridgehead atoms. The molecule has 156 valence electrons. The van der Waals surface area contributed by atoms with Gasteiger partial charge in [0.2, 0.25) is 0 Å². The number of ether oxygens (including phenoxy) is 2. The van der Waals surface area contributed by atoms with Crippen LogP contribution in [0.1, 0.15) is 16.7 Å². The molecule has 0 aliphatic rings. The number of hydrogen-bond donors (Lipinski definition) is 1. The first-order valence-corrected chi connectivity index (χ1v) is 10.4. The Bertz CT molecular complexity index is 1020. The fraction of sp³-hybridized carbons (Fsp3) is 0.136. The summed E-state index contributed by atoms with van der Waals surface area (Å²) in [7, 11) is 1.55. The largest absolute Gasteiger partial charge is 0.493 e. The van der Waals surface area contributed by atoms with Gasteiger partial charge >= 0.3 is 0 Å². The van der Waals surface area contributed by atoms with Crippen LogP contribution in [0.2, 0.25) is 20.1 Å². The molecule has 0 saturated heterocycles. The summed E-state index contributed by atoms with van der Waals surface area (Å²) in [6.07, 6.45) is 1.63. The van der Waals surface area contributed by atoms with E-state index < -0.39 is 0 Å². The molecular formula is C22H18Cl4N2O2. The molecule has 4 nitrogen and oxygen atoms in total. The predicted molar refractivity (Wildman–Crippen MR) is 125 cm³/mol. The molecule has 0 aromatic heterocycles. The smallest absolute Gasteiger partial charge is 0.180 e. The van der Waals surface area contributed by atoms with Gasteiger partial charge in [0.25, 0.3) is 0 Å². The standard InChI is InChI=1S/C22H18Cl4N2O2/c1-29-21-10-15(11-27-28-12-17-18(24)3-2-4-19(17)25)9-20(26)22(21)30-13-14-5-7-16(23)8-6-14/h2-11,28H,12-13H2,1H3/b27-11+. The van der Waals surface area contributed by atoms with Crippen LogP contribution in [0.5, 0.6) is 11.5 Å². The molecule has 0 radical (unpaired) electrons. The van der Waals surface area contributed by atoms with E-state index in [1.165, 1.54) is 0 Å². The topological polar surface area (TPSA) is 42.8 Å². The highest BCUT2D eigenvalue weighted by atomic mass is 35.5. The second-order valence-corrected chi connectivity index (χ2v) is 7.90. The van der Waals surface area contributed by atoms with Gasteiger partial charge in [-0.15, -0.1) is 0 Å². The summed E-state index contributed by atoms with van der Waals surface area (Å²) in [6, 6.07) is 16.3. The van der Waals surface area contributed by atoms with E-state index in [1.807, 2.05) is 24.3 Å². The fourth-order valence-corrected chi connectivity index (χ4v) is 3.57. The van der Waals surface area contributed by atoms with Crippen molar-refractivity contribution < 1.29 is 9.47 Å². The number of hydrazone groups is 1. The number of rotatable bonds is 8. The van der Waals surface area contributed by atoms with Crippen LogP contribution in [0, 0.1) is 0 Å². The monoisotopic (exact) mass is 482 g/mol. The van der Waals surface area contributed by atoms with Crippen molar-refractivity contribution in [2.75, 3.05) is 7.11 Å². The Hall–Kier alpha value is -2.11. The third-order valence-corrected chi connectivity index (χ3v) is 5.41. The molecule has 0 fully saturated rings. The van der Waals surface area contributed by atoms with Crippen molar-refractivity contribution in [1.29, 1.82) is 0 Å². The van der Waals surface area contributed by atoms with Crippen LogP contribution >= 0.6 is 46.4 Å². The lowest BCUT2D eigenvalue weighted by Crippen LogP contribution is -2.07. The molecule has 8 heteroatoms. The zero-order valence-corrected chi connectivity index (χ0v) is 19.0. The van der Waals surface area contributed by atoms with Crippen molar-refractivity contribution in [3.8, 4) is 11.5 Å². The molecule has 1 N–H and O–H groups in total. The van der Waals surface area contributed by atoms with Crippen molar-refractivity contribution in [3.05, 3.63) is 91.4 Å². The maximum atomic E-state index is 6.41. The van der Waals surface area contributed by atoms with E-state index in [4.69, 9.17) is 55.9 Å². The lowest BCUT2D eigenvalue weighted by atomic mass is 10.2.